The summed E-state index contributed by atoms with van der Waals surface area (Å²) in [5, 5.41) is 0. The molecule has 0 unspecified atom stereocenters. The highest BCUT2D eigenvalue weighted by Gasteiger charge is 2.19. The summed E-state index contributed by atoms with van der Waals surface area (Å²) in [4.78, 5) is 3.62. The zero-order valence-electron chi connectivity index (χ0n) is 11.4. The number of halogens is 1. The second kappa shape index (κ2) is 5.57. The topological polar surface area (TPSA) is 94.3 Å². The fourth-order valence-corrected chi connectivity index (χ4v) is 2.74. The van der Waals surface area contributed by atoms with Crippen LogP contribution in [-0.4, -0.2) is 20.5 Å². The molecule has 112 valence electrons. The number of hydrogen-bond acceptors (Lipinski definition) is 5. The van der Waals surface area contributed by atoms with Crippen LogP contribution in [0.3, 0.4) is 0 Å². The van der Waals surface area contributed by atoms with E-state index < -0.39 is 15.8 Å². The molecule has 0 saturated heterocycles. The summed E-state index contributed by atoms with van der Waals surface area (Å²) in [5.41, 5.74) is 6.35. The number of nitrogen functional groups attached to an aromatic ring is 1. The Kier molecular flexibility index (Phi) is 3.99. The quantitative estimate of drug-likeness (QED) is 0.841. The van der Waals surface area contributed by atoms with Gasteiger partial charge in [-0.15, -0.1) is 0 Å². The molecule has 0 bridgehead atoms. The molecule has 0 aliphatic rings. The molecular weight excluding hydrogens is 297 g/mol. The van der Waals surface area contributed by atoms with Gasteiger partial charge in [0.15, 0.2) is 11.6 Å². The van der Waals surface area contributed by atoms with Crippen LogP contribution in [0.4, 0.5) is 15.9 Å². The van der Waals surface area contributed by atoms with Crippen molar-refractivity contribution in [2.45, 2.75) is 11.8 Å². The standard InChI is InChI=1S/C13H14FN3O3S/c1-8-3-4-12(16-7-8)17-21(18,19)9-5-10(14)13(20-2)11(15)6-9/h3-7H,15H2,1-2H3,(H,16,17). The third kappa shape index (κ3) is 3.22. The van der Waals surface area contributed by atoms with Crippen molar-refractivity contribution >= 4 is 21.5 Å². The summed E-state index contributed by atoms with van der Waals surface area (Å²) >= 11 is 0. The lowest BCUT2D eigenvalue weighted by Crippen LogP contribution is -2.15. The molecule has 3 N–H and O–H groups in total. The van der Waals surface area contributed by atoms with Crippen LogP contribution in [-0.2, 0) is 10.0 Å². The SMILES string of the molecule is COc1c(N)cc(S(=O)(=O)Nc2ccc(C)cn2)cc1F. The van der Waals surface area contributed by atoms with Gasteiger partial charge in [0.25, 0.3) is 10.0 Å². The molecule has 8 heteroatoms. The highest BCUT2D eigenvalue weighted by Crippen LogP contribution is 2.29. The summed E-state index contributed by atoms with van der Waals surface area (Å²) in [6.07, 6.45) is 1.51. The van der Waals surface area contributed by atoms with Gasteiger partial charge in [-0.25, -0.2) is 17.8 Å². The van der Waals surface area contributed by atoms with Gasteiger partial charge in [-0.05, 0) is 30.7 Å². The molecule has 2 rings (SSSR count). The molecule has 21 heavy (non-hydrogen) atoms. The van der Waals surface area contributed by atoms with Crippen LogP contribution in [0.15, 0.2) is 35.4 Å². The van der Waals surface area contributed by atoms with E-state index in [1.165, 1.54) is 19.4 Å². The second-order valence-electron chi connectivity index (χ2n) is 4.35. The number of anilines is 2. The minimum Gasteiger partial charge on any atom is -0.492 e. The van der Waals surface area contributed by atoms with E-state index in [1.807, 2.05) is 6.92 Å². The maximum absolute atomic E-state index is 13.7. The third-order valence-corrected chi connectivity index (χ3v) is 4.04. The minimum atomic E-state index is -3.98. The number of nitrogens with zero attached hydrogens (tertiary/aromatic N) is 1. The highest BCUT2D eigenvalue weighted by molar-refractivity contribution is 7.92. The summed E-state index contributed by atoms with van der Waals surface area (Å²) in [7, 11) is -2.74. The number of hydrogen-bond donors (Lipinski definition) is 2. The Morgan fingerprint density at radius 1 is 1.33 bits per heavy atom. The van der Waals surface area contributed by atoms with E-state index in [9.17, 15) is 12.8 Å². The van der Waals surface area contributed by atoms with Crippen LogP contribution in [0.1, 0.15) is 5.56 Å². The number of nitrogens with one attached hydrogen (secondary N) is 1. The molecule has 0 radical (unpaired) electrons. The molecule has 0 atom stereocenters. The first-order chi connectivity index (χ1) is 9.83. The molecule has 0 aliphatic carbocycles. The fraction of sp³-hybridized carbons (Fsp3) is 0.154. The number of pyridine rings is 1. The van der Waals surface area contributed by atoms with Crippen molar-refractivity contribution in [3.8, 4) is 5.75 Å². The van der Waals surface area contributed by atoms with Crippen LogP contribution >= 0.6 is 0 Å². The predicted octanol–water partition coefficient (Wildman–Crippen LogP) is 1.92. The van der Waals surface area contributed by atoms with Crippen LogP contribution in [0.2, 0.25) is 0 Å². The number of sulfonamides is 1. The monoisotopic (exact) mass is 311 g/mol. The molecule has 0 fully saturated rings. The van der Waals surface area contributed by atoms with E-state index in [4.69, 9.17) is 10.5 Å². The third-order valence-electron chi connectivity index (χ3n) is 2.71. The second-order valence-corrected chi connectivity index (χ2v) is 6.04. The van der Waals surface area contributed by atoms with Gasteiger partial charge in [-0.1, -0.05) is 6.07 Å². The van der Waals surface area contributed by atoms with Crippen molar-refractivity contribution in [2.24, 2.45) is 0 Å². The van der Waals surface area contributed by atoms with E-state index in [0.717, 1.165) is 17.7 Å². The molecular formula is C13H14FN3O3S. The molecule has 0 aliphatic heterocycles. The van der Waals surface area contributed by atoms with E-state index in [1.54, 1.807) is 6.07 Å². The Morgan fingerprint density at radius 3 is 2.57 bits per heavy atom. The summed E-state index contributed by atoms with van der Waals surface area (Å²) in [6.45, 7) is 1.82. The molecule has 2 aromatic rings. The molecule has 0 amide bonds. The highest BCUT2D eigenvalue weighted by atomic mass is 32.2. The normalized spacial score (nSPS) is 11.2. The molecule has 1 aromatic heterocycles. The number of nitrogens with two attached hydrogens (primary N) is 1. The van der Waals surface area contributed by atoms with Crippen molar-refractivity contribution in [1.82, 2.24) is 4.98 Å². The Morgan fingerprint density at radius 2 is 2.05 bits per heavy atom. The molecule has 1 aromatic carbocycles. The van der Waals surface area contributed by atoms with Gasteiger partial charge in [-0.2, -0.15) is 0 Å². The van der Waals surface area contributed by atoms with Crippen molar-refractivity contribution in [1.29, 1.82) is 0 Å². The van der Waals surface area contributed by atoms with Crippen LogP contribution in [0.5, 0.6) is 5.75 Å². The van der Waals surface area contributed by atoms with Gasteiger partial charge in [0.1, 0.15) is 5.82 Å². The van der Waals surface area contributed by atoms with Crippen LogP contribution in [0, 0.1) is 12.7 Å². The fourth-order valence-electron chi connectivity index (χ4n) is 1.68. The first kappa shape index (κ1) is 15.0. The van der Waals surface area contributed by atoms with E-state index in [0.29, 0.717) is 0 Å². The van der Waals surface area contributed by atoms with Gasteiger partial charge in [0.2, 0.25) is 0 Å². The van der Waals surface area contributed by atoms with Gasteiger partial charge in [-0.3, -0.25) is 4.72 Å². The van der Waals surface area contributed by atoms with Gasteiger partial charge in [0.05, 0.1) is 17.7 Å². The number of methoxy groups -OCH3 is 1. The predicted molar refractivity (Wildman–Crippen MR) is 77.1 cm³/mol. The first-order valence-corrected chi connectivity index (χ1v) is 7.40. The minimum absolute atomic E-state index is 0.102. The zero-order valence-corrected chi connectivity index (χ0v) is 12.2. The van der Waals surface area contributed by atoms with E-state index >= 15 is 0 Å². The maximum Gasteiger partial charge on any atom is 0.263 e. The summed E-state index contributed by atoms with van der Waals surface area (Å²) in [6, 6.07) is 5.17. The molecule has 6 nitrogen and oxygen atoms in total. The van der Waals surface area contributed by atoms with Crippen molar-refractivity contribution < 1.29 is 17.5 Å². The Hall–Kier alpha value is -2.35. The molecule has 0 saturated carbocycles. The number of rotatable bonds is 4. The zero-order chi connectivity index (χ0) is 15.6. The van der Waals surface area contributed by atoms with Crippen molar-refractivity contribution in [2.75, 3.05) is 17.6 Å². The summed E-state index contributed by atoms with van der Waals surface area (Å²) in [5.74, 6) is -0.910. The first-order valence-electron chi connectivity index (χ1n) is 5.92. The van der Waals surface area contributed by atoms with Crippen LogP contribution < -0.4 is 15.2 Å². The van der Waals surface area contributed by atoms with E-state index in [-0.39, 0.29) is 22.2 Å². The number of aromatic nitrogens is 1. The van der Waals surface area contributed by atoms with Gasteiger partial charge < -0.3 is 10.5 Å². The largest absolute Gasteiger partial charge is 0.492 e. The molecule has 0 spiro atoms. The average Bonchev–Trinajstić information content (AvgIpc) is 2.41. The average molecular weight is 311 g/mol. The van der Waals surface area contributed by atoms with E-state index in [2.05, 4.69) is 9.71 Å². The van der Waals surface area contributed by atoms with Gasteiger partial charge in [0, 0.05) is 6.20 Å². The lowest BCUT2D eigenvalue weighted by Gasteiger charge is -2.11. The van der Waals surface area contributed by atoms with Crippen molar-refractivity contribution in [3.05, 3.63) is 41.8 Å². The Balaban J connectivity index is 2.38. The van der Waals surface area contributed by atoms with Crippen LogP contribution in [0.25, 0.3) is 0 Å². The summed E-state index contributed by atoms with van der Waals surface area (Å²) < 4.78 is 45.1. The number of ether oxygens (including phenoxy) is 1. The van der Waals surface area contributed by atoms with Crippen molar-refractivity contribution in [3.63, 3.8) is 0 Å². The lowest BCUT2D eigenvalue weighted by atomic mass is 10.3. The smallest absolute Gasteiger partial charge is 0.263 e. The number of aryl methyl sites for hydroxylation is 1. The lowest BCUT2D eigenvalue weighted by molar-refractivity contribution is 0.388. The maximum atomic E-state index is 13.7. The molecule has 1 heterocycles. The Bertz CT molecular complexity index is 738. The Labute approximate surface area is 121 Å². The number of benzene rings is 1. The van der Waals surface area contributed by atoms with Gasteiger partial charge >= 0.3 is 0 Å².